The number of rotatable bonds is 7. The third-order valence-corrected chi connectivity index (χ3v) is 7.00. The molecule has 1 atom stereocenters. The van der Waals surface area contributed by atoms with Gasteiger partial charge in [0.2, 0.25) is 0 Å². The number of hydrogen-bond acceptors (Lipinski definition) is 4. The monoisotopic (exact) mass is 535 g/mol. The zero-order valence-electron chi connectivity index (χ0n) is 21.9. The molecule has 1 aliphatic rings. The number of carbonyl (C=O) groups excluding carboxylic acids is 2. The van der Waals surface area contributed by atoms with E-state index in [1.165, 1.54) is 17.0 Å². The van der Waals surface area contributed by atoms with Crippen LogP contribution in [0.5, 0.6) is 5.75 Å². The second kappa shape index (κ2) is 11.0. The first-order valence-corrected chi connectivity index (χ1v) is 12.9. The van der Waals surface area contributed by atoms with Crippen LogP contribution in [0.2, 0.25) is 5.02 Å². The number of likely N-dealkylation sites (tertiary alicyclic amines) is 1. The molecule has 0 saturated carbocycles. The fourth-order valence-corrected chi connectivity index (χ4v) is 4.77. The summed E-state index contributed by atoms with van der Waals surface area (Å²) in [5, 5.41) is 11.8. The summed E-state index contributed by atoms with van der Waals surface area (Å²) >= 11 is 6.22. The van der Waals surface area contributed by atoms with Gasteiger partial charge in [-0.1, -0.05) is 68.8 Å². The number of halogens is 2. The molecule has 3 aromatic carbocycles. The maximum atomic E-state index is 13.4. The number of aliphatic hydroxyl groups excluding tert-OH is 1. The third-order valence-electron chi connectivity index (χ3n) is 6.69. The fraction of sp³-hybridized carbons (Fsp3) is 0.290. The van der Waals surface area contributed by atoms with E-state index in [0.29, 0.717) is 34.9 Å². The van der Waals surface area contributed by atoms with E-state index in [2.05, 4.69) is 20.8 Å². The number of benzene rings is 3. The highest BCUT2D eigenvalue weighted by Gasteiger charge is 2.46. The molecule has 0 radical (unpaired) electrons. The highest BCUT2D eigenvalue weighted by atomic mass is 35.5. The Morgan fingerprint density at radius 3 is 2.29 bits per heavy atom. The van der Waals surface area contributed by atoms with Gasteiger partial charge >= 0.3 is 0 Å². The van der Waals surface area contributed by atoms with Gasteiger partial charge in [-0.3, -0.25) is 9.59 Å². The molecule has 7 heteroatoms. The first-order valence-electron chi connectivity index (χ1n) is 12.6. The Bertz CT molecular complexity index is 1370. The Kier molecular flexibility index (Phi) is 7.93. The van der Waals surface area contributed by atoms with E-state index < -0.39 is 17.7 Å². The summed E-state index contributed by atoms with van der Waals surface area (Å²) < 4.78 is 18.9. The number of hydrogen-bond donors (Lipinski definition) is 1. The fourth-order valence-electron chi connectivity index (χ4n) is 4.60. The van der Waals surface area contributed by atoms with E-state index in [9.17, 15) is 19.1 Å². The van der Waals surface area contributed by atoms with Crippen LogP contribution >= 0.6 is 11.6 Å². The number of Topliss-reactive ketones (excluding diaryl/α,β-unsaturated/α-hetero) is 1. The molecule has 0 aromatic heterocycles. The molecule has 4 rings (SSSR count). The zero-order chi connectivity index (χ0) is 27.6. The summed E-state index contributed by atoms with van der Waals surface area (Å²) in [7, 11) is 0. The summed E-state index contributed by atoms with van der Waals surface area (Å²) in [5.41, 5.74) is 2.88. The maximum Gasteiger partial charge on any atom is 0.295 e. The minimum atomic E-state index is -0.796. The van der Waals surface area contributed by atoms with Crippen molar-refractivity contribution in [2.24, 2.45) is 0 Å². The predicted octanol–water partition coefficient (Wildman–Crippen LogP) is 6.84. The van der Waals surface area contributed by atoms with Crippen LogP contribution in [0.3, 0.4) is 0 Å². The minimum Gasteiger partial charge on any atom is -0.507 e. The standard InChI is InChI=1S/C31H31ClFNO4/c1-5-38-25-18-21(10-15-24(25)32)28(35)26-27(20-8-11-22(12-9-20)31(2,3)4)34(30(37)29(26)36)17-16-19-6-13-23(33)14-7-19/h6-15,18,27,35H,5,16-17H2,1-4H3/b28-26-. The van der Waals surface area contributed by atoms with Crippen molar-refractivity contribution in [1.82, 2.24) is 4.90 Å². The smallest absolute Gasteiger partial charge is 0.295 e. The number of ketones is 1. The molecule has 1 fully saturated rings. The van der Waals surface area contributed by atoms with Crippen LogP contribution in [0.25, 0.3) is 5.76 Å². The number of carbonyl (C=O) groups is 2. The van der Waals surface area contributed by atoms with Gasteiger partial charge in [0.05, 0.1) is 23.2 Å². The molecule has 1 unspecified atom stereocenters. The summed E-state index contributed by atoms with van der Waals surface area (Å²) in [6.07, 6.45) is 0.416. The number of aliphatic hydroxyl groups is 1. The quantitative estimate of drug-likeness (QED) is 0.204. The van der Waals surface area contributed by atoms with Crippen LogP contribution in [0.4, 0.5) is 4.39 Å². The van der Waals surface area contributed by atoms with Gasteiger partial charge < -0.3 is 14.7 Å². The van der Waals surface area contributed by atoms with Crippen molar-refractivity contribution in [3.63, 3.8) is 0 Å². The number of amides is 1. The SMILES string of the molecule is CCOc1cc(/C(O)=C2/C(=O)C(=O)N(CCc3ccc(F)cc3)C2c2ccc(C(C)(C)C)cc2)ccc1Cl. The van der Waals surface area contributed by atoms with Crippen LogP contribution < -0.4 is 4.74 Å². The molecule has 1 N–H and O–H groups in total. The highest BCUT2D eigenvalue weighted by molar-refractivity contribution is 6.46. The number of ether oxygens (including phenoxy) is 1. The van der Waals surface area contributed by atoms with E-state index in [0.717, 1.165) is 11.1 Å². The molecular weight excluding hydrogens is 505 g/mol. The largest absolute Gasteiger partial charge is 0.507 e. The molecule has 38 heavy (non-hydrogen) atoms. The molecule has 1 amide bonds. The summed E-state index contributed by atoms with van der Waals surface area (Å²) in [6.45, 7) is 8.71. The zero-order valence-corrected chi connectivity index (χ0v) is 22.7. The molecule has 1 saturated heterocycles. The first kappa shape index (κ1) is 27.4. The maximum absolute atomic E-state index is 13.4. The summed E-state index contributed by atoms with van der Waals surface area (Å²) in [4.78, 5) is 28.1. The average Bonchev–Trinajstić information content (AvgIpc) is 3.14. The third kappa shape index (κ3) is 5.60. The van der Waals surface area contributed by atoms with E-state index >= 15 is 0 Å². The minimum absolute atomic E-state index is 0.00221. The highest BCUT2D eigenvalue weighted by Crippen LogP contribution is 2.41. The van der Waals surface area contributed by atoms with Gasteiger partial charge in [-0.25, -0.2) is 4.39 Å². The van der Waals surface area contributed by atoms with Gasteiger partial charge in [0, 0.05) is 12.1 Å². The second-order valence-corrected chi connectivity index (χ2v) is 10.7. The predicted molar refractivity (Wildman–Crippen MR) is 147 cm³/mol. The Balaban J connectivity index is 1.80. The van der Waals surface area contributed by atoms with Crippen LogP contribution in [0.1, 0.15) is 56.0 Å². The topological polar surface area (TPSA) is 66.8 Å². The van der Waals surface area contributed by atoms with Crippen molar-refractivity contribution in [3.05, 3.63) is 105 Å². The van der Waals surface area contributed by atoms with E-state index in [1.807, 2.05) is 31.2 Å². The van der Waals surface area contributed by atoms with Crippen molar-refractivity contribution >= 4 is 29.1 Å². The lowest BCUT2D eigenvalue weighted by Crippen LogP contribution is -2.31. The molecule has 198 valence electrons. The van der Waals surface area contributed by atoms with E-state index in [1.54, 1.807) is 30.3 Å². The molecule has 0 aliphatic carbocycles. The van der Waals surface area contributed by atoms with Crippen LogP contribution in [0, 0.1) is 5.82 Å². The molecule has 3 aromatic rings. The Hall–Kier alpha value is -3.64. The molecule has 0 bridgehead atoms. The van der Waals surface area contributed by atoms with Crippen molar-refractivity contribution < 1.29 is 23.8 Å². The molecule has 0 spiro atoms. The van der Waals surface area contributed by atoms with Crippen molar-refractivity contribution in [3.8, 4) is 5.75 Å². The molecule has 5 nitrogen and oxygen atoms in total. The van der Waals surface area contributed by atoms with Crippen LogP contribution in [-0.4, -0.2) is 34.8 Å². The normalized spacial score (nSPS) is 17.2. The number of nitrogens with zero attached hydrogens (tertiary/aromatic N) is 1. The lowest BCUT2D eigenvalue weighted by molar-refractivity contribution is -0.139. The molecule has 1 heterocycles. The lowest BCUT2D eigenvalue weighted by Gasteiger charge is -2.26. The Morgan fingerprint density at radius 2 is 1.68 bits per heavy atom. The summed E-state index contributed by atoms with van der Waals surface area (Å²) in [5.74, 6) is -1.73. The van der Waals surface area contributed by atoms with Gasteiger partial charge in [0.1, 0.15) is 17.3 Å². The summed E-state index contributed by atoms with van der Waals surface area (Å²) in [6, 6.07) is 17.7. The first-order chi connectivity index (χ1) is 18.0. The van der Waals surface area contributed by atoms with Gasteiger partial charge in [-0.2, -0.15) is 0 Å². The molecular formula is C31H31ClFNO4. The molecule has 1 aliphatic heterocycles. The Morgan fingerprint density at radius 1 is 1.03 bits per heavy atom. The van der Waals surface area contributed by atoms with Crippen molar-refractivity contribution in [1.29, 1.82) is 0 Å². The van der Waals surface area contributed by atoms with Crippen molar-refractivity contribution in [2.45, 2.75) is 45.6 Å². The van der Waals surface area contributed by atoms with Crippen LogP contribution in [0.15, 0.2) is 72.3 Å². The lowest BCUT2D eigenvalue weighted by atomic mass is 9.85. The van der Waals surface area contributed by atoms with Gasteiger partial charge in [0.15, 0.2) is 0 Å². The average molecular weight is 536 g/mol. The van der Waals surface area contributed by atoms with Gasteiger partial charge in [-0.15, -0.1) is 0 Å². The van der Waals surface area contributed by atoms with E-state index in [4.69, 9.17) is 16.3 Å². The van der Waals surface area contributed by atoms with Crippen molar-refractivity contribution in [2.75, 3.05) is 13.2 Å². The second-order valence-electron chi connectivity index (χ2n) is 10.3. The van der Waals surface area contributed by atoms with Gasteiger partial charge in [-0.05, 0) is 65.8 Å². The van der Waals surface area contributed by atoms with Gasteiger partial charge in [0.25, 0.3) is 11.7 Å². The van der Waals surface area contributed by atoms with Crippen LogP contribution in [-0.2, 0) is 21.4 Å². The van der Waals surface area contributed by atoms with E-state index in [-0.39, 0.29) is 29.1 Å². The Labute approximate surface area is 227 Å².